The number of ether oxygens (including phenoxy) is 2. The van der Waals surface area contributed by atoms with Crippen LogP contribution in [0.2, 0.25) is 0 Å². The molecule has 3 aromatic rings. The minimum Gasteiger partial charge on any atom is -0.496 e. The number of aliphatic hydroxyl groups excluding tert-OH is 1. The third-order valence-corrected chi connectivity index (χ3v) is 7.27. The number of nitrogens with zero attached hydrogens (tertiary/aromatic N) is 2. The molecule has 0 bridgehead atoms. The molecule has 0 unspecified atom stereocenters. The van der Waals surface area contributed by atoms with Crippen LogP contribution in [0.1, 0.15) is 28.8 Å². The van der Waals surface area contributed by atoms with Crippen LogP contribution in [0, 0.1) is 0 Å². The summed E-state index contributed by atoms with van der Waals surface area (Å²) in [5.41, 5.74) is 4.20. The summed E-state index contributed by atoms with van der Waals surface area (Å²) in [6, 6.07) is 23.2. The van der Waals surface area contributed by atoms with Crippen molar-refractivity contribution in [3.8, 4) is 16.9 Å². The predicted molar refractivity (Wildman–Crippen MR) is 160 cm³/mol. The van der Waals surface area contributed by atoms with E-state index in [1.807, 2.05) is 66.7 Å². The lowest BCUT2D eigenvalue weighted by atomic mass is 10.0. The zero-order valence-corrected chi connectivity index (χ0v) is 23.8. The number of likely N-dealkylation sites (tertiary alicyclic amines) is 1. The van der Waals surface area contributed by atoms with Crippen molar-refractivity contribution in [3.63, 3.8) is 0 Å². The number of hydrogen-bond acceptors (Lipinski definition) is 7. The van der Waals surface area contributed by atoms with Crippen LogP contribution in [0.5, 0.6) is 5.75 Å². The van der Waals surface area contributed by atoms with Gasteiger partial charge in [-0.25, -0.2) is 4.79 Å². The van der Waals surface area contributed by atoms with Crippen molar-refractivity contribution in [2.45, 2.75) is 25.5 Å². The normalized spacial score (nSPS) is 13.9. The topological polar surface area (TPSA) is 103 Å². The molecule has 3 N–H and O–H groups in total. The molecule has 1 aliphatic heterocycles. The summed E-state index contributed by atoms with van der Waals surface area (Å²) in [5, 5.41) is 15.0. The van der Waals surface area contributed by atoms with Gasteiger partial charge in [0, 0.05) is 51.9 Å². The first-order chi connectivity index (χ1) is 20.0. The number of nitrogens with one attached hydrogen (secondary N) is 2. The van der Waals surface area contributed by atoms with Gasteiger partial charge in [0.1, 0.15) is 11.9 Å². The molecular formula is C32H40N4O5. The zero-order chi connectivity index (χ0) is 29.0. The predicted octanol–water partition coefficient (Wildman–Crippen LogP) is 4.23. The minimum atomic E-state index is -0.443. The van der Waals surface area contributed by atoms with Crippen LogP contribution < -0.4 is 15.4 Å². The van der Waals surface area contributed by atoms with Crippen molar-refractivity contribution in [1.82, 2.24) is 15.1 Å². The van der Waals surface area contributed by atoms with E-state index in [0.717, 1.165) is 54.9 Å². The number of likely N-dealkylation sites (N-methyl/N-ethyl adjacent to an activating group) is 1. The third-order valence-electron chi connectivity index (χ3n) is 7.27. The third kappa shape index (κ3) is 8.53. The van der Waals surface area contributed by atoms with E-state index in [1.165, 1.54) is 0 Å². The van der Waals surface area contributed by atoms with E-state index in [2.05, 4.69) is 15.5 Å². The Morgan fingerprint density at radius 2 is 1.76 bits per heavy atom. The summed E-state index contributed by atoms with van der Waals surface area (Å²) in [6.07, 6.45) is 0.890. The lowest BCUT2D eigenvalue weighted by molar-refractivity contribution is 0.0539. The Morgan fingerprint density at radius 3 is 2.49 bits per heavy atom. The molecule has 1 aliphatic rings. The molecule has 0 radical (unpaired) electrons. The van der Waals surface area contributed by atoms with E-state index in [4.69, 9.17) is 14.6 Å². The van der Waals surface area contributed by atoms with Crippen LogP contribution >= 0.6 is 0 Å². The van der Waals surface area contributed by atoms with Gasteiger partial charge in [-0.05, 0) is 42.2 Å². The van der Waals surface area contributed by atoms with E-state index in [0.29, 0.717) is 30.9 Å². The average Bonchev–Trinajstić information content (AvgIpc) is 3.01. The highest BCUT2D eigenvalue weighted by atomic mass is 16.6. The molecular weight excluding hydrogens is 520 g/mol. The van der Waals surface area contributed by atoms with Crippen molar-refractivity contribution < 1.29 is 24.2 Å². The highest BCUT2D eigenvalue weighted by Crippen LogP contribution is 2.28. The molecule has 0 saturated carbocycles. The number of benzene rings is 3. The standard InChI is InChI=1S/C32H40N4O5/c1-35(31(38)28-13-12-24(22-30(28)40-2)23-33-16-21-37)19-20-36-17-14-26(15-18-36)41-32(39)34-29-11-7-6-10-27(29)25-8-4-3-5-9-25/h3-13,22,26,33,37H,14-21,23H2,1-2H3,(H,34,39). The molecule has 218 valence electrons. The van der Waals surface area contributed by atoms with E-state index < -0.39 is 6.09 Å². The van der Waals surface area contributed by atoms with Crippen LogP contribution in [0.4, 0.5) is 10.5 Å². The fourth-order valence-electron chi connectivity index (χ4n) is 4.94. The maximum absolute atomic E-state index is 13.1. The number of para-hydroxylation sites is 1. The smallest absolute Gasteiger partial charge is 0.411 e. The number of methoxy groups -OCH3 is 1. The molecule has 41 heavy (non-hydrogen) atoms. The van der Waals surface area contributed by atoms with E-state index >= 15 is 0 Å². The fourth-order valence-corrected chi connectivity index (χ4v) is 4.94. The van der Waals surface area contributed by atoms with Gasteiger partial charge >= 0.3 is 6.09 Å². The van der Waals surface area contributed by atoms with Gasteiger partial charge in [-0.15, -0.1) is 0 Å². The molecule has 2 amide bonds. The summed E-state index contributed by atoms with van der Waals surface area (Å²) in [5.74, 6) is 0.440. The van der Waals surface area contributed by atoms with Gasteiger partial charge in [-0.1, -0.05) is 54.6 Å². The summed E-state index contributed by atoms with van der Waals surface area (Å²) in [6.45, 7) is 4.05. The Labute approximate surface area is 242 Å². The largest absolute Gasteiger partial charge is 0.496 e. The van der Waals surface area contributed by atoms with Gasteiger partial charge < -0.3 is 29.7 Å². The first kappa shape index (κ1) is 30.0. The van der Waals surface area contributed by atoms with Gasteiger partial charge in [-0.2, -0.15) is 0 Å². The summed E-state index contributed by atoms with van der Waals surface area (Å²) in [7, 11) is 3.36. The first-order valence-electron chi connectivity index (χ1n) is 14.1. The monoisotopic (exact) mass is 560 g/mol. The van der Waals surface area contributed by atoms with Gasteiger partial charge in [0.25, 0.3) is 5.91 Å². The zero-order valence-electron chi connectivity index (χ0n) is 23.8. The Morgan fingerprint density at radius 1 is 1.02 bits per heavy atom. The van der Waals surface area contributed by atoms with Crippen LogP contribution in [0.3, 0.4) is 0 Å². The molecule has 0 spiro atoms. The van der Waals surface area contributed by atoms with Crippen LogP contribution in [0.25, 0.3) is 11.1 Å². The van der Waals surface area contributed by atoms with Crippen LogP contribution in [-0.4, -0.2) is 86.5 Å². The maximum Gasteiger partial charge on any atom is 0.411 e. The summed E-state index contributed by atoms with van der Waals surface area (Å²) < 4.78 is 11.2. The number of carbonyl (C=O) groups is 2. The molecule has 3 aromatic carbocycles. The highest BCUT2D eigenvalue weighted by Gasteiger charge is 2.24. The number of hydrogen-bond donors (Lipinski definition) is 3. The number of aliphatic hydroxyl groups is 1. The lowest BCUT2D eigenvalue weighted by Crippen LogP contribution is -2.42. The van der Waals surface area contributed by atoms with E-state index in [-0.39, 0.29) is 18.6 Å². The molecule has 0 atom stereocenters. The maximum atomic E-state index is 13.1. The second-order valence-electron chi connectivity index (χ2n) is 10.1. The number of rotatable bonds is 12. The second-order valence-corrected chi connectivity index (χ2v) is 10.1. The number of anilines is 1. The summed E-state index contributed by atoms with van der Waals surface area (Å²) >= 11 is 0. The van der Waals surface area contributed by atoms with E-state index in [1.54, 1.807) is 25.1 Å². The molecule has 9 nitrogen and oxygen atoms in total. The second kappa shape index (κ2) is 15.2. The van der Waals surface area contributed by atoms with E-state index in [9.17, 15) is 9.59 Å². The molecule has 1 fully saturated rings. The lowest BCUT2D eigenvalue weighted by Gasteiger charge is -2.32. The molecule has 0 aliphatic carbocycles. The van der Waals surface area contributed by atoms with Crippen molar-refractivity contribution in [1.29, 1.82) is 0 Å². The SMILES string of the molecule is COc1cc(CNCCO)ccc1C(=O)N(C)CCN1CCC(OC(=O)Nc2ccccc2-c2ccccc2)CC1. The van der Waals surface area contributed by atoms with Gasteiger partial charge in [0.15, 0.2) is 0 Å². The van der Waals surface area contributed by atoms with Crippen LogP contribution in [-0.2, 0) is 11.3 Å². The Kier molecular flexibility index (Phi) is 11.1. The van der Waals surface area contributed by atoms with Crippen LogP contribution in [0.15, 0.2) is 72.8 Å². The fraction of sp³-hybridized carbons (Fsp3) is 0.375. The average molecular weight is 561 g/mol. The van der Waals surface area contributed by atoms with Crippen molar-refractivity contribution >= 4 is 17.7 Å². The first-order valence-corrected chi connectivity index (χ1v) is 14.1. The molecule has 1 heterocycles. The minimum absolute atomic E-state index is 0.0722. The summed E-state index contributed by atoms with van der Waals surface area (Å²) in [4.78, 5) is 29.8. The number of carbonyl (C=O) groups excluding carboxylic acids is 2. The Balaban J connectivity index is 1.22. The molecule has 9 heteroatoms. The van der Waals surface area contributed by atoms with Gasteiger partial charge in [0.05, 0.1) is 25.0 Å². The molecule has 1 saturated heterocycles. The van der Waals surface area contributed by atoms with Crippen molar-refractivity contribution in [2.75, 3.05) is 58.8 Å². The Bertz CT molecular complexity index is 1280. The highest BCUT2D eigenvalue weighted by molar-refractivity contribution is 5.97. The number of piperidine rings is 1. The quantitative estimate of drug-likeness (QED) is 0.285. The molecule has 0 aromatic heterocycles. The molecule has 4 rings (SSSR count). The van der Waals surface area contributed by atoms with Gasteiger partial charge in [0.2, 0.25) is 0 Å². The Hall–Kier alpha value is -3.92. The van der Waals surface area contributed by atoms with Crippen molar-refractivity contribution in [3.05, 3.63) is 83.9 Å². The van der Waals surface area contributed by atoms with Gasteiger partial charge in [-0.3, -0.25) is 10.1 Å². The number of amides is 2. The van der Waals surface area contributed by atoms with Crippen molar-refractivity contribution in [2.24, 2.45) is 0 Å².